The van der Waals surface area contributed by atoms with Crippen LogP contribution in [0.4, 0.5) is 23.2 Å². The highest BCUT2D eigenvalue weighted by Gasteiger charge is 2.42. The van der Waals surface area contributed by atoms with Gasteiger partial charge in [-0.3, -0.25) is 0 Å². The smallest absolute Gasteiger partial charge is 0.391 e. The predicted molar refractivity (Wildman–Crippen MR) is 114 cm³/mol. The van der Waals surface area contributed by atoms with Gasteiger partial charge in [-0.15, -0.1) is 0 Å². The Morgan fingerprint density at radius 1 is 1.19 bits per heavy atom. The summed E-state index contributed by atoms with van der Waals surface area (Å²) < 4.78 is 53.8. The molecule has 2 fully saturated rings. The summed E-state index contributed by atoms with van der Waals surface area (Å²) in [7, 11) is 0. The van der Waals surface area contributed by atoms with E-state index in [1.165, 1.54) is 6.07 Å². The minimum Gasteiger partial charge on any atom is -0.393 e. The summed E-state index contributed by atoms with van der Waals surface area (Å²) >= 11 is 0. The fourth-order valence-corrected chi connectivity index (χ4v) is 4.31. The van der Waals surface area contributed by atoms with Crippen LogP contribution in [0.25, 0.3) is 0 Å². The lowest BCUT2D eigenvalue weighted by Crippen LogP contribution is -2.46. The SMILES string of the molecule is CCNC(=NCc1ccc(N2CCC(O)CC2)c(F)c1)NC1CCCC(C(F)(F)F)C1. The second-order valence-corrected chi connectivity index (χ2v) is 8.45. The van der Waals surface area contributed by atoms with Crippen LogP contribution in [0, 0.1) is 11.7 Å². The van der Waals surface area contributed by atoms with Crippen molar-refractivity contribution in [2.24, 2.45) is 10.9 Å². The maximum atomic E-state index is 14.6. The van der Waals surface area contributed by atoms with Crippen molar-refractivity contribution in [3.63, 3.8) is 0 Å². The first-order chi connectivity index (χ1) is 14.8. The van der Waals surface area contributed by atoms with Gasteiger partial charge in [-0.1, -0.05) is 12.5 Å². The molecule has 3 N–H and O–H groups in total. The van der Waals surface area contributed by atoms with Gasteiger partial charge in [0.25, 0.3) is 0 Å². The van der Waals surface area contributed by atoms with E-state index in [4.69, 9.17) is 0 Å². The maximum Gasteiger partial charge on any atom is 0.391 e. The van der Waals surface area contributed by atoms with Gasteiger partial charge in [0.05, 0.1) is 24.3 Å². The van der Waals surface area contributed by atoms with Crippen LogP contribution in [0.5, 0.6) is 0 Å². The molecule has 1 saturated carbocycles. The van der Waals surface area contributed by atoms with Crippen molar-refractivity contribution in [3.8, 4) is 0 Å². The summed E-state index contributed by atoms with van der Waals surface area (Å²) in [5.74, 6) is -1.16. The average molecular weight is 445 g/mol. The lowest BCUT2D eigenvalue weighted by atomic mass is 9.85. The van der Waals surface area contributed by atoms with Gasteiger partial charge in [0.2, 0.25) is 0 Å². The van der Waals surface area contributed by atoms with Crippen LogP contribution >= 0.6 is 0 Å². The van der Waals surface area contributed by atoms with Gasteiger partial charge in [0, 0.05) is 25.7 Å². The van der Waals surface area contributed by atoms with E-state index in [0.29, 0.717) is 62.5 Å². The van der Waals surface area contributed by atoms with Gasteiger partial charge in [0.1, 0.15) is 5.82 Å². The molecule has 9 heteroatoms. The molecule has 0 amide bonds. The molecule has 0 aromatic heterocycles. The van der Waals surface area contributed by atoms with Crippen molar-refractivity contribution in [1.82, 2.24) is 10.6 Å². The van der Waals surface area contributed by atoms with E-state index in [0.717, 1.165) is 0 Å². The molecule has 3 rings (SSSR count). The molecule has 2 unspecified atom stereocenters. The molecule has 0 radical (unpaired) electrons. The fourth-order valence-electron chi connectivity index (χ4n) is 4.31. The normalized spacial score (nSPS) is 23.7. The number of hydrogen-bond donors (Lipinski definition) is 3. The first-order valence-corrected chi connectivity index (χ1v) is 11.1. The molecule has 5 nitrogen and oxygen atoms in total. The second kappa shape index (κ2) is 10.5. The third-order valence-corrected chi connectivity index (χ3v) is 6.06. The molecule has 0 bridgehead atoms. The Kier molecular flexibility index (Phi) is 8.02. The highest BCUT2D eigenvalue weighted by atomic mass is 19.4. The van der Waals surface area contributed by atoms with E-state index in [-0.39, 0.29) is 37.3 Å². The van der Waals surface area contributed by atoms with Gasteiger partial charge in [-0.05, 0) is 56.7 Å². The summed E-state index contributed by atoms with van der Waals surface area (Å²) in [5.41, 5.74) is 1.21. The topological polar surface area (TPSA) is 59.9 Å². The summed E-state index contributed by atoms with van der Waals surface area (Å²) in [6, 6.07) is 4.71. The van der Waals surface area contributed by atoms with Crippen LogP contribution in [-0.4, -0.2) is 49.0 Å². The number of alkyl halides is 3. The molecular formula is C22H32F4N4O. The van der Waals surface area contributed by atoms with Crippen LogP contribution in [0.1, 0.15) is 51.0 Å². The summed E-state index contributed by atoms with van der Waals surface area (Å²) in [6.45, 7) is 3.92. The Balaban J connectivity index is 1.61. The first-order valence-electron chi connectivity index (χ1n) is 11.1. The second-order valence-electron chi connectivity index (χ2n) is 8.45. The number of rotatable bonds is 5. The van der Waals surface area contributed by atoms with Gasteiger partial charge in [-0.25, -0.2) is 9.38 Å². The number of anilines is 1. The molecule has 2 atom stereocenters. The molecule has 1 aromatic carbocycles. The fraction of sp³-hybridized carbons (Fsp3) is 0.682. The number of nitrogens with one attached hydrogen (secondary N) is 2. The minimum absolute atomic E-state index is 0.0434. The van der Waals surface area contributed by atoms with Crippen LogP contribution in [0.3, 0.4) is 0 Å². The van der Waals surface area contributed by atoms with Gasteiger partial charge in [0.15, 0.2) is 5.96 Å². The summed E-state index contributed by atoms with van der Waals surface area (Å²) in [4.78, 5) is 6.39. The number of aliphatic hydroxyl groups is 1. The highest BCUT2D eigenvalue weighted by molar-refractivity contribution is 5.80. The highest BCUT2D eigenvalue weighted by Crippen LogP contribution is 2.37. The Morgan fingerprint density at radius 2 is 1.94 bits per heavy atom. The number of piperidine rings is 1. The zero-order valence-corrected chi connectivity index (χ0v) is 17.9. The lowest BCUT2D eigenvalue weighted by Gasteiger charge is -2.32. The number of hydrogen-bond acceptors (Lipinski definition) is 3. The third kappa shape index (κ3) is 6.72. The van der Waals surface area contributed by atoms with Crippen molar-refractivity contribution in [2.45, 2.75) is 70.3 Å². The van der Waals surface area contributed by atoms with Crippen molar-refractivity contribution in [3.05, 3.63) is 29.6 Å². The molecule has 0 spiro atoms. The Bertz CT molecular complexity index is 748. The predicted octanol–water partition coefficient (Wildman–Crippen LogP) is 3.96. The lowest BCUT2D eigenvalue weighted by molar-refractivity contribution is -0.183. The summed E-state index contributed by atoms with van der Waals surface area (Å²) in [6.07, 6.45) is -1.81. The average Bonchev–Trinajstić information content (AvgIpc) is 2.73. The number of guanidine groups is 1. The standard InChI is InChI=1S/C22H32F4N4O/c1-2-27-21(29-17-5-3-4-16(13-17)22(24,25)26)28-14-15-6-7-20(19(23)12-15)30-10-8-18(31)9-11-30/h6-7,12,16-18,31H,2-5,8-11,13-14H2,1H3,(H2,27,28,29). The first kappa shape index (κ1) is 23.6. The molecular weight excluding hydrogens is 412 g/mol. The molecule has 174 valence electrons. The van der Waals surface area contributed by atoms with Crippen molar-refractivity contribution in [2.75, 3.05) is 24.5 Å². The molecule has 2 aliphatic rings. The van der Waals surface area contributed by atoms with E-state index in [1.54, 1.807) is 6.07 Å². The summed E-state index contributed by atoms with van der Waals surface area (Å²) in [5, 5.41) is 15.8. The van der Waals surface area contributed by atoms with E-state index in [9.17, 15) is 22.7 Å². The Hall–Kier alpha value is -2.03. The number of aliphatic hydroxyl groups excluding tert-OH is 1. The third-order valence-electron chi connectivity index (χ3n) is 6.06. The van der Waals surface area contributed by atoms with Crippen LogP contribution < -0.4 is 15.5 Å². The van der Waals surface area contributed by atoms with E-state index in [1.807, 2.05) is 17.9 Å². The van der Waals surface area contributed by atoms with Crippen molar-refractivity contribution in [1.29, 1.82) is 0 Å². The van der Waals surface area contributed by atoms with Gasteiger partial charge < -0.3 is 20.6 Å². The zero-order valence-electron chi connectivity index (χ0n) is 17.9. The molecule has 31 heavy (non-hydrogen) atoms. The zero-order chi connectivity index (χ0) is 22.4. The van der Waals surface area contributed by atoms with E-state index < -0.39 is 12.1 Å². The number of aliphatic imine (C=N–C) groups is 1. The maximum absolute atomic E-state index is 14.6. The number of nitrogens with zero attached hydrogens (tertiary/aromatic N) is 2. The molecule has 1 saturated heterocycles. The van der Waals surface area contributed by atoms with Crippen LogP contribution in [-0.2, 0) is 6.54 Å². The molecule has 1 aliphatic carbocycles. The van der Waals surface area contributed by atoms with Gasteiger partial charge >= 0.3 is 6.18 Å². The largest absolute Gasteiger partial charge is 0.393 e. The monoisotopic (exact) mass is 444 g/mol. The van der Waals surface area contributed by atoms with Crippen molar-refractivity contribution >= 4 is 11.6 Å². The van der Waals surface area contributed by atoms with Gasteiger partial charge in [-0.2, -0.15) is 13.2 Å². The molecule has 1 aromatic rings. The van der Waals surface area contributed by atoms with Crippen LogP contribution in [0.2, 0.25) is 0 Å². The van der Waals surface area contributed by atoms with E-state index in [2.05, 4.69) is 15.6 Å². The van der Waals surface area contributed by atoms with Crippen molar-refractivity contribution < 1.29 is 22.7 Å². The Morgan fingerprint density at radius 3 is 2.58 bits per heavy atom. The van der Waals surface area contributed by atoms with Crippen LogP contribution in [0.15, 0.2) is 23.2 Å². The Labute approximate surface area is 180 Å². The molecule has 1 aliphatic heterocycles. The van der Waals surface area contributed by atoms with E-state index >= 15 is 0 Å². The number of benzene rings is 1. The molecule has 1 heterocycles. The quantitative estimate of drug-likeness (QED) is 0.366. The number of halogens is 4. The minimum atomic E-state index is -4.17.